The largest absolute Gasteiger partial charge is 0.396 e. The van der Waals surface area contributed by atoms with Gasteiger partial charge in [0.15, 0.2) is 5.82 Å². The van der Waals surface area contributed by atoms with Gasteiger partial charge in [0, 0.05) is 15.5 Å². The zero-order chi connectivity index (χ0) is 12.4. The van der Waals surface area contributed by atoms with Crippen molar-refractivity contribution in [3.05, 3.63) is 45.2 Å². The summed E-state index contributed by atoms with van der Waals surface area (Å²) in [6, 6.07) is 8.10. The zero-order valence-electron chi connectivity index (χ0n) is 9.79. The van der Waals surface area contributed by atoms with Gasteiger partial charge in [-0.1, -0.05) is 6.07 Å². The van der Waals surface area contributed by atoms with Crippen LogP contribution in [0.4, 0.5) is 17.2 Å². The summed E-state index contributed by atoms with van der Waals surface area (Å²) in [5.74, 6) is 0.704. The summed E-state index contributed by atoms with van der Waals surface area (Å²) >= 11 is 2.32. The van der Waals surface area contributed by atoms with Crippen LogP contribution in [0.25, 0.3) is 0 Å². The lowest BCUT2D eigenvalue weighted by Gasteiger charge is -2.09. The molecule has 17 heavy (non-hydrogen) atoms. The highest BCUT2D eigenvalue weighted by molar-refractivity contribution is 14.1. The third-order valence-electron chi connectivity index (χ3n) is 2.49. The monoisotopic (exact) mass is 339 g/mol. The molecule has 88 valence electrons. The molecule has 0 aliphatic carbocycles. The molecule has 4 heteroatoms. The quantitative estimate of drug-likeness (QED) is 0.822. The maximum absolute atomic E-state index is 5.91. The maximum Gasteiger partial charge on any atom is 0.153 e. The molecule has 3 N–H and O–H groups in total. The Balaban J connectivity index is 2.28. The second kappa shape index (κ2) is 4.91. The van der Waals surface area contributed by atoms with E-state index in [1.54, 1.807) is 6.20 Å². The number of hydrogen-bond acceptors (Lipinski definition) is 3. The van der Waals surface area contributed by atoms with Crippen molar-refractivity contribution in [1.82, 2.24) is 4.98 Å². The van der Waals surface area contributed by atoms with E-state index in [1.165, 1.54) is 9.13 Å². The van der Waals surface area contributed by atoms with E-state index in [0.29, 0.717) is 11.5 Å². The molecule has 0 aliphatic rings. The lowest BCUT2D eigenvalue weighted by Crippen LogP contribution is -2.00. The molecule has 0 radical (unpaired) electrons. The molecule has 0 unspecified atom stereocenters. The second-order valence-electron chi connectivity index (χ2n) is 4.04. The third-order valence-corrected chi connectivity index (χ3v) is 3.65. The SMILES string of the molecule is Cc1cnc(Nc2ccc(C)c(I)c2)c(N)c1. The van der Waals surface area contributed by atoms with Crippen LogP contribution in [0.5, 0.6) is 0 Å². The smallest absolute Gasteiger partial charge is 0.153 e. The highest BCUT2D eigenvalue weighted by Crippen LogP contribution is 2.23. The van der Waals surface area contributed by atoms with Gasteiger partial charge in [-0.25, -0.2) is 4.98 Å². The third kappa shape index (κ3) is 2.88. The first-order valence-corrected chi connectivity index (χ1v) is 6.39. The molecule has 2 aromatic rings. The van der Waals surface area contributed by atoms with Gasteiger partial charge in [-0.3, -0.25) is 0 Å². The van der Waals surface area contributed by atoms with Crippen molar-refractivity contribution in [2.24, 2.45) is 0 Å². The number of aryl methyl sites for hydroxylation is 2. The van der Waals surface area contributed by atoms with Gasteiger partial charge in [0.2, 0.25) is 0 Å². The Morgan fingerprint density at radius 1 is 1.24 bits per heavy atom. The van der Waals surface area contributed by atoms with Crippen LogP contribution < -0.4 is 11.1 Å². The van der Waals surface area contributed by atoms with Crippen LogP contribution in [0.2, 0.25) is 0 Å². The Morgan fingerprint density at radius 3 is 2.65 bits per heavy atom. The fourth-order valence-electron chi connectivity index (χ4n) is 1.50. The summed E-state index contributed by atoms with van der Waals surface area (Å²) in [4.78, 5) is 4.29. The Morgan fingerprint density at radius 2 is 2.00 bits per heavy atom. The molecule has 1 aromatic heterocycles. The number of nitrogens with one attached hydrogen (secondary N) is 1. The van der Waals surface area contributed by atoms with E-state index >= 15 is 0 Å². The van der Waals surface area contributed by atoms with Gasteiger partial charge in [-0.2, -0.15) is 0 Å². The van der Waals surface area contributed by atoms with Gasteiger partial charge in [0.1, 0.15) is 0 Å². The summed E-state index contributed by atoms with van der Waals surface area (Å²) in [5.41, 5.74) is 9.91. The molecule has 3 nitrogen and oxygen atoms in total. The van der Waals surface area contributed by atoms with E-state index in [9.17, 15) is 0 Å². The number of aromatic nitrogens is 1. The van der Waals surface area contributed by atoms with E-state index < -0.39 is 0 Å². The minimum atomic E-state index is 0.667. The average molecular weight is 339 g/mol. The highest BCUT2D eigenvalue weighted by atomic mass is 127. The van der Waals surface area contributed by atoms with Gasteiger partial charge in [-0.15, -0.1) is 0 Å². The van der Waals surface area contributed by atoms with Crippen molar-refractivity contribution >= 4 is 39.8 Å². The molecule has 0 bridgehead atoms. The van der Waals surface area contributed by atoms with Crippen molar-refractivity contribution in [3.8, 4) is 0 Å². The predicted molar refractivity (Wildman–Crippen MR) is 80.6 cm³/mol. The van der Waals surface area contributed by atoms with E-state index in [4.69, 9.17) is 5.73 Å². The van der Waals surface area contributed by atoms with Gasteiger partial charge in [0.05, 0.1) is 5.69 Å². The Hall–Kier alpha value is -1.30. The van der Waals surface area contributed by atoms with Gasteiger partial charge in [-0.05, 0) is 65.8 Å². The molecule has 0 saturated carbocycles. The zero-order valence-corrected chi connectivity index (χ0v) is 11.9. The average Bonchev–Trinajstić information content (AvgIpc) is 2.27. The first-order chi connectivity index (χ1) is 8.06. The molecule has 0 amide bonds. The minimum absolute atomic E-state index is 0.667. The van der Waals surface area contributed by atoms with Crippen LogP contribution >= 0.6 is 22.6 Å². The van der Waals surface area contributed by atoms with Crippen LogP contribution in [-0.2, 0) is 0 Å². The highest BCUT2D eigenvalue weighted by Gasteiger charge is 2.03. The van der Waals surface area contributed by atoms with Crippen molar-refractivity contribution in [2.75, 3.05) is 11.1 Å². The normalized spacial score (nSPS) is 10.3. The number of pyridine rings is 1. The molecule has 0 aliphatic heterocycles. The maximum atomic E-state index is 5.91. The molecule has 1 heterocycles. The number of benzene rings is 1. The Kier molecular flexibility index (Phi) is 3.51. The first kappa shape index (κ1) is 12.2. The van der Waals surface area contributed by atoms with E-state index in [-0.39, 0.29) is 0 Å². The standard InChI is InChI=1S/C13H14IN3/c1-8-5-12(15)13(16-7-8)17-10-4-3-9(2)11(14)6-10/h3-7H,15H2,1-2H3,(H,16,17). The van der Waals surface area contributed by atoms with Crippen LogP contribution in [0.3, 0.4) is 0 Å². The molecule has 0 saturated heterocycles. The lowest BCUT2D eigenvalue weighted by molar-refractivity contribution is 1.26. The Bertz CT molecular complexity index is 552. The molecule has 0 spiro atoms. The number of anilines is 3. The second-order valence-corrected chi connectivity index (χ2v) is 5.20. The summed E-state index contributed by atoms with van der Waals surface area (Å²) in [6.07, 6.45) is 1.80. The van der Waals surface area contributed by atoms with E-state index in [0.717, 1.165) is 11.3 Å². The Labute approximate surface area is 115 Å². The minimum Gasteiger partial charge on any atom is -0.396 e. The molecule has 1 aromatic carbocycles. The topological polar surface area (TPSA) is 50.9 Å². The number of nitrogens with zero attached hydrogens (tertiary/aromatic N) is 1. The van der Waals surface area contributed by atoms with Crippen LogP contribution in [0, 0.1) is 17.4 Å². The summed E-state index contributed by atoms with van der Waals surface area (Å²) in [5, 5.41) is 3.23. The van der Waals surface area contributed by atoms with Crippen LogP contribution in [-0.4, -0.2) is 4.98 Å². The number of nitrogens with two attached hydrogens (primary N) is 1. The molecular weight excluding hydrogens is 325 g/mol. The predicted octanol–water partition coefficient (Wildman–Crippen LogP) is 3.63. The number of halogens is 1. The summed E-state index contributed by atoms with van der Waals surface area (Å²) < 4.78 is 1.22. The van der Waals surface area contributed by atoms with Crippen molar-refractivity contribution in [1.29, 1.82) is 0 Å². The van der Waals surface area contributed by atoms with Crippen LogP contribution in [0.15, 0.2) is 30.5 Å². The van der Waals surface area contributed by atoms with E-state index in [1.807, 2.05) is 19.1 Å². The number of hydrogen-bond donors (Lipinski definition) is 2. The molecule has 0 fully saturated rings. The van der Waals surface area contributed by atoms with E-state index in [2.05, 4.69) is 51.9 Å². The number of rotatable bonds is 2. The van der Waals surface area contributed by atoms with Crippen LogP contribution in [0.1, 0.15) is 11.1 Å². The summed E-state index contributed by atoms with van der Waals surface area (Å²) in [7, 11) is 0. The van der Waals surface area contributed by atoms with Gasteiger partial charge >= 0.3 is 0 Å². The first-order valence-electron chi connectivity index (χ1n) is 5.31. The summed E-state index contributed by atoms with van der Waals surface area (Å²) in [6.45, 7) is 4.06. The van der Waals surface area contributed by atoms with Crippen molar-refractivity contribution in [3.63, 3.8) is 0 Å². The number of nitrogen functional groups attached to an aromatic ring is 1. The molecular formula is C13H14IN3. The van der Waals surface area contributed by atoms with Crippen molar-refractivity contribution < 1.29 is 0 Å². The van der Waals surface area contributed by atoms with Gasteiger partial charge < -0.3 is 11.1 Å². The fourth-order valence-corrected chi connectivity index (χ4v) is 2.02. The van der Waals surface area contributed by atoms with Gasteiger partial charge in [0.25, 0.3) is 0 Å². The lowest BCUT2D eigenvalue weighted by atomic mass is 10.2. The molecule has 2 rings (SSSR count). The fraction of sp³-hybridized carbons (Fsp3) is 0.154. The molecule has 0 atom stereocenters. The van der Waals surface area contributed by atoms with Crippen molar-refractivity contribution in [2.45, 2.75) is 13.8 Å².